The largest absolute Gasteiger partial charge is 0.236 e. The van der Waals surface area contributed by atoms with Crippen LogP contribution < -0.4 is 0 Å². The van der Waals surface area contributed by atoms with Gasteiger partial charge in [0.05, 0.1) is 6.61 Å². The maximum atomic E-state index is 10.4. The van der Waals surface area contributed by atoms with Crippen LogP contribution in [0, 0.1) is 0 Å². The summed E-state index contributed by atoms with van der Waals surface area (Å²) in [6.45, 7) is -0.149. The van der Waals surface area contributed by atoms with Crippen LogP contribution in [0.5, 0.6) is 0 Å². The van der Waals surface area contributed by atoms with Crippen molar-refractivity contribution < 1.29 is 5.11 Å². The third kappa shape index (κ3) is 3.35. The smallest absolute Gasteiger partial charge is 0.216 e. The highest BCUT2D eigenvalue weighted by Gasteiger charge is 2.22. The van der Waals surface area contributed by atoms with Gasteiger partial charge >= 0.3 is 0 Å². The topological polar surface area (TPSA) is 19.9 Å². The summed E-state index contributed by atoms with van der Waals surface area (Å²) in [5.41, 5.74) is 1.50. The van der Waals surface area contributed by atoms with Gasteiger partial charge in [0.2, 0.25) is 3.79 Å². The average molecular weight is 239 g/mol. The molecule has 0 aliphatic heterocycles. The van der Waals surface area contributed by atoms with Crippen molar-refractivity contribution in [2.75, 3.05) is 6.61 Å². The van der Waals surface area contributed by atoms with Crippen LogP contribution in [0.25, 0.3) is 0 Å². The van der Waals surface area contributed by atoms with Gasteiger partial charge < -0.3 is 0 Å². The predicted octanol–water partition coefficient (Wildman–Crippen LogP) is 3.49. The molecule has 0 saturated carbocycles. The van der Waals surface area contributed by atoms with E-state index in [1.807, 2.05) is 6.07 Å². The molecule has 0 spiro atoms. The van der Waals surface area contributed by atoms with Crippen LogP contribution >= 0.6 is 34.8 Å². The van der Waals surface area contributed by atoms with Gasteiger partial charge in [-0.15, -0.1) is 0 Å². The van der Waals surface area contributed by atoms with E-state index in [-0.39, 0.29) is 6.61 Å². The number of alkyl halides is 3. The second kappa shape index (κ2) is 4.52. The Morgan fingerprint density at radius 2 is 1.92 bits per heavy atom. The third-order valence-corrected chi connectivity index (χ3v) is 2.30. The van der Waals surface area contributed by atoms with Crippen molar-refractivity contribution in [2.24, 2.45) is 0 Å². The second-order valence-corrected chi connectivity index (χ2v) is 4.93. The maximum absolute atomic E-state index is 10.4. The first-order valence-electron chi connectivity index (χ1n) is 3.78. The number of halogens is 3. The zero-order valence-electron chi connectivity index (χ0n) is 6.77. The molecule has 1 rings (SSSR count). The molecule has 0 aliphatic rings. The summed E-state index contributed by atoms with van der Waals surface area (Å²) >= 11 is 17.1. The van der Waals surface area contributed by atoms with E-state index in [9.17, 15) is 5.11 Å². The molecular weight excluding hydrogens is 230 g/mol. The van der Waals surface area contributed by atoms with Crippen molar-refractivity contribution in [1.82, 2.24) is 0 Å². The monoisotopic (exact) mass is 237 g/mol. The summed E-state index contributed by atoms with van der Waals surface area (Å²) in [5.74, 6) is 0. The van der Waals surface area contributed by atoms with Crippen LogP contribution in [0.2, 0.25) is 0 Å². The van der Waals surface area contributed by atoms with E-state index >= 15 is 0 Å². The van der Waals surface area contributed by atoms with Gasteiger partial charge in [-0.1, -0.05) is 59.1 Å². The van der Waals surface area contributed by atoms with Crippen LogP contribution in [-0.4, -0.2) is 6.61 Å². The minimum absolute atomic E-state index is 0.149. The van der Waals surface area contributed by atoms with E-state index in [1.54, 1.807) is 18.2 Å². The van der Waals surface area contributed by atoms with Crippen molar-refractivity contribution in [3.05, 3.63) is 35.4 Å². The molecule has 0 heterocycles. The Hall–Kier alpha value is 0.0500. The van der Waals surface area contributed by atoms with Crippen molar-refractivity contribution in [1.29, 1.82) is 0 Å². The van der Waals surface area contributed by atoms with Crippen LogP contribution in [0.3, 0.4) is 0 Å². The summed E-state index contributed by atoms with van der Waals surface area (Å²) in [6, 6.07) is 7.09. The van der Waals surface area contributed by atoms with Gasteiger partial charge in [-0.25, -0.2) is 5.11 Å². The van der Waals surface area contributed by atoms with Crippen molar-refractivity contribution in [3.8, 4) is 0 Å². The Kier molecular flexibility index (Phi) is 3.87. The fraction of sp³-hybridized carbons (Fsp3) is 0.333. The molecule has 0 fully saturated rings. The fourth-order valence-electron chi connectivity index (χ4n) is 1.02. The Morgan fingerprint density at radius 1 is 1.23 bits per heavy atom. The number of benzene rings is 1. The highest BCUT2D eigenvalue weighted by molar-refractivity contribution is 6.66. The first-order chi connectivity index (χ1) is 6.04. The molecular formula is C9H8Cl3O. The highest BCUT2D eigenvalue weighted by atomic mass is 35.6. The van der Waals surface area contributed by atoms with Crippen molar-refractivity contribution in [3.63, 3.8) is 0 Å². The predicted molar refractivity (Wildman–Crippen MR) is 54.9 cm³/mol. The maximum Gasteiger partial charge on any atom is 0.216 e. The summed E-state index contributed by atoms with van der Waals surface area (Å²) < 4.78 is -1.40. The molecule has 4 heteroatoms. The van der Waals surface area contributed by atoms with Crippen LogP contribution in [0.4, 0.5) is 0 Å². The number of rotatable bonds is 2. The third-order valence-electron chi connectivity index (χ3n) is 1.65. The highest BCUT2D eigenvalue weighted by Crippen LogP contribution is 2.38. The van der Waals surface area contributed by atoms with E-state index < -0.39 is 3.79 Å². The van der Waals surface area contributed by atoms with E-state index in [1.165, 1.54) is 0 Å². The van der Waals surface area contributed by atoms with E-state index in [0.29, 0.717) is 12.0 Å². The minimum atomic E-state index is -1.40. The van der Waals surface area contributed by atoms with Crippen molar-refractivity contribution >= 4 is 34.8 Å². The normalized spacial score (nSPS) is 11.7. The molecule has 0 amide bonds. The zero-order valence-corrected chi connectivity index (χ0v) is 9.03. The van der Waals surface area contributed by atoms with E-state index in [2.05, 4.69) is 0 Å². The molecule has 0 aromatic heterocycles. The van der Waals surface area contributed by atoms with Gasteiger partial charge in [0, 0.05) is 5.56 Å². The first kappa shape index (κ1) is 11.1. The second-order valence-electron chi connectivity index (χ2n) is 2.65. The number of hydrogen-bond acceptors (Lipinski definition) is 0. The van der Waals surface area contributed by atoms with E-state index in [0.717, 1.165) is 5.56 Å². The van der Waals surface area contributed by atoms with Gasteiger partial charge in [-0.05, 0) is 12.0 Å². The minimum Gasteiger partial charge on any atom is -0.236 e. The molecule has 0 bridgehead atoms. The summed E-state index contributed by atoms with van der Waals surface area (Å²) in [4.78, 5) is 0. The molecule has 1 aromatic carbocycles. The summed E-state index contributed by atoms with van der Waals surface area (Å²) in [6.07, 6.45) is 0.467. The molecule has 13 heavy (non-hydrogen) atoms. The Morgan fingerprint density at radius 3 is 2.46 bits per heavy atom. The van der Waals surface area contributed by atoms with Gasteiger partial charge in [0.25, 0.3) is 0 Å². The van der Waals surface area contributed by atoms with Gasteiger partial charge in [-0.3, -0.25) is 0 Å². The molecule has 1 nitrogen and oxygen atoms in total. The Labute approximate surface area is 92.2 Å². The van der Waals surface area contributed by atoms with E-state index in [4.69, 9.17) is 34.8 Å². The average Bonchev–Trinajstić information content (AvgIpc) is 2.04. The zero-order chi connectivity index (χ0) is 9.90. The molecule has 1 radical (unpaired) electrons. The molecule has 0 saturated heterocycles. The van der Waals surface area contributed by atoms with Gasteiger partial charge in [0.1, 0.15) is 0 Å². The lowest BCUT2D eigenvalue weighted by molar-refractivity contribution is 0.197. The van der Waals surface area contributed by atoms with Crippen molar-refractivity contribution in [2.45, 2.75) is 10.2 Å². The summed E-state index contributed by atoms with van der Waals surface area (Å²) in [5, 5.41) is 10.4. The Balaban J connectivity index is 2.92. The molecule has 0 atom stereocenters. The SMILES string of the molecule is [O]CCc1cccc(C(Cl)(Cl)Cl)c1. The lowest BCUT2D eigenvalue weighted by atomic mass is 10.1. The molecule has 0 N–H and O–H groups in total. The standard InChI is InChI=1S/C9H8Cl3O/c10-9(11,12)8-3-1-2-7(6-8)4-5-13/h1-3,6H,4-5H2. The van der Waals surface area contributed by atoms with Crippen LogP contribution in [-0.2, 0) is 15.3 Å². The Bertz CT molecular complexity index is 280. The summed E-state index contributed by atoms with van der Waals surface area (Å²) in [7, 11) is 0. The first-order valence-corrected chi connectivity index (χ1v) is 4.91. The van der Waals surface area contributed by atoms with Gasteiger partial charge in [-0.2, -0.15) is 0 Å². The number of hydrogen-bond donors (Lipinski definition) is 0. The molecule has 0 unspecified atom stereocenters. The fourth-order valence-corrected chi connectivity index (χ4v) is 1.37. The lowest BCUT2D eigenvalue weighted by Gasteiger charge is -2.11. The van der Waals surface area contributed by atoms with Crippen LogP contribution in [0.1, 0.15) is 11.1 Å². The lowest BCUT2D eigenvalue weighted by Crippen LogP contribution is -2.01. The quantitative estimate of drug-likeness (QED) is 0.703. The molecule has 0 aliphatic carbocycles. The van der Waals surface area contributed by atoms with Crippen LogP contribution in [0.15, 0.2) is 24.3 Å². The molecule has 1 aromatic rings. The molecule has 71 valence electrons. The van der Waals surface area contributed by atoms with Gasteiger partial charge in [0.15, 0.2) is 0 Å².